The van der Waals surface area contributed by atoms with Crippen LogP contribution in [0.2, 0.25) is 0 Å². The summed E-state index contributed by atoms with van der Waals surface area (Å²) in [6.45, 7) is 4.60. The Hall–Kier alpha value is -0.870. The highest BCUT2D eigenvalue weighted by molar-refractivity contribution is 9.10. The minimum atomic E-state index is -0.499. The molecule has 2 fully saturated rings. The van der Waals surface area contributed by atoms with Gasteiger partial charge in [0.05, 0.1) is 12.1 Å². The van der Waals surface area contributed by atoms with Crippen LogP contribution in [0.5, 0.6) is 0 Å². The van der Waals surface area contributed by atoms with Gasteiger partial charge in [-0.05, 0) is 49.9 Å². The topological polar surface area (TPSA) is 38.3 Å². The Labute approximate surface area is 115 Å². The quantitative estimate of drug-likeness (QED) is 0.866. The lowest BCUT2D eigenvalue weighted by molar-refractivity contribution is -0.149. The van der Waals surface area contributed by atoms with Gasteiger partial charge in [-0.2, -0.15) is 0 Å². The van der Waals surface area contributed by atoms with Crippen LogP contribution >= 0.6 is 15.9 Å². The average Bonchev–Trinajstić information content (AvgIpc) is 3.04. The maximum Gasteiger partial charge on any atom is 0.253 e. The molecule has 0 aromatic heterocycles. The molecule has 1 aliphatic heterocycles. The lowest BCUT2D eigenvalue weighted by Gasteiger charge is -2.39. The Morgan fingerprint density at radius 1 is 1.33 bits per heavy atom. The van der Waals surface area contributed by atoms with Gasteiger partial charge in [0.15, 0.2) is 0 Å². The Kier molecular flexibility index (Phi) is 2.58. The third kappa shape index (κ3) is 1.88. The Morgan fingerprint density at radius 3 is 2.61 bits per heavy atom. The summed E-state index contributed by atoms with van der Waals surface area (Å²) < 4.78 is 6.84. The number of hydrogen-bond donors (Lipinski definition) is 1. The molecular formula is C14H16BrNO2. The zero-order chi connectivity index (χ0) is 13.0. The van der Waals surface area contributed by atoms with E-state index in [0.717, 1.165) is 22.9 Å². The molecule has 1 saturated heterocycles. The fourth-order valence-corrected chi connectivity index (χ4v) is 3.05. The lowest BCUT2D eigenvalue weighted by Crippen LogP contribution is -2.57. The first kappa shape index (κ1) is 12.2. The molecule has 3 rings (SSSR count). The van der Waals surface area contributed by atoms with Gasteiger partial charge in [-0.15, -0.1) is 0 Å². The number of ether oxygens (including phenoxy) is 1. The molecule has 3 nitrogen and oxygen atoms in total. The highest BCUT2D eigenvalue weighted by Gasteiger charge is 2.56. The summed E-state index contributed by atoms with van der Waals surface area (Å²) in [5, 5.41) is 3.13. The molecule has 1 N–H and O–H groups in total. The predicted molar refractivity (Wildman–Crippen MR) is 72.3 cm³/mol. The molecule has 1 amide bonds. The van der Waals surface area contributed by atoms with Crippen molar-refractivity contribution >= 4 is 21.8 Å². The van der Waals surface area contributed by atoms with E-state index in [1.165, 1.54) is 5.56 Å². The molecule has 1 aromatic rings. The van der Waals surface area contributed by atoms with Crippen molar-refractivity contribution in [3.05, 3.63) is 33.8 Å². The molecule has 1 unspecified atom stereocenters. The average molecular weight is 310 g/mol. The molecule has 96 valence electrons. The van der Waals surface area contributed by atoms with Crippen LogP contribution in [0.25, 0.3) is 0 Å². The summed E-state index contributed by atoms with van der Waals surface area (Å²) in [6.07, 6.45) is 1.71. The van der Waals surface area contributed by atoms with Crippen LogP contribution in [0.15, 0.2) is 22.7 Å². The summed E-state index contributed by atoms with van der Waals surface area (Å²) >= 11 is 3.50. The lowest BCUT2D eigenvalue weighted by atomic mass is 9.90. The number of hydrogen-bond acceptors (Lipinski definition) is 2. The second-order valence-electron chi connectivity index (χ2n) is 5.59. The van der Waals surface area contributed by atoms with Crippen LogP contribution in [-0.2, 0) is 15.1 Å². The van der Waals surface area contributed by atoms with Crippen molar-refractivity contribution in [2.45, 2.75) is 37.8 Å². The molecule has 1 aromatic carbocycles. The molecule has 18 heavy (non-hydrogen) atoms. The second-order valence-corrected chi connectivity index (χ2v) is 6.50. The normalized spacial score (nSPS) is 29.2. The largest absolute Gasteiger partial charge is 0.362 e. The molecule has 2 aliphatic rings. The fourth-order valence-electron chi connectivity index (χ4n) is 2.44. The molecule has 1 atom stereocenters. The van der Waals surface area contributed by atoms with E-state index in [2.05, 4.69) is 33.4 Å². The van der Waals surface area contributed by atoms with Crippen molar-refractivity contribution in [1.29, 1.82) is 0 Å². The predicted octanol–water partition coefficient (Wildman–Crippen LogP) is 2.65. The number of morpholine rings is 1. The van der Waals surface area contributed by atoms with Crippen molar-refractivity contribution in [3.8, 4) is 0 Å². The first-order valence-electron chi connectivity index (χ1n) is 6.18. The molecule has 0 bridgehead atoms. The standard InChI is InChI=1S/C14H16BrNO2/c1-9-5-10(7-11(15)6-9)13(2)8-18-14(3-4-14)12(17)16-13/h5-7H,3-4,8H2,1-2H3,(H,16,17). The Balaban J connectivity index is 1.93. The van der Waals surface area contributed by atoms with Crippen molar-refractivity contribution in [3.63, 3.8) is 0 Å². The number of halogens is 1. The number of carbonyl (C=O) groups excluding carboxylic acids is 1. The van der Waals surface area contributed by atoms with Gasteiger partial charge >= 0.3 is 0 Å². The molecule has 4 heteroatoms. The van der Waals surface area contributed by atoms with E-state index in [4.69, 9.17) is 4.74 Å². The zero-order valence-electron chi connectivity index (χ0n) is 10.5. The van der Waals surface area contributed by atoms with Crippen molar-refractivity contribution in [1.82, 2.24) is 5.32 Å². The van der Waals surface area contributed by atoms with Crippen molar-refractivity contribution < 1.29 is 9.53 Å². The van der Waals surface area contributed by atoms with E-state index in [1.54, 1.807) is 0 Å². The monoisotopic (exact) mass is 309 g/mol. The van der Waals surface area contributed by atoms with Crippen LogP contribution in [-0.4, -0.2) is 18.1 Å². The maximum atomic E-state index is 12.1. The van der Waals surface area contributed by atoms with E-state index in [-0.39, 0.29) is 5.91 Å². The molecule has 1 aliphatic carbocycles. The van der Waals surface area contributed by atoms with Crippen molar-refractivity contribution in [2.24, 2.45) is 0 Å². The van der Waals surface area contributed by atoms with Gasteiger partial charge in [0.1, 0.15) is 5.60 Å². The zero-order valence-corrected chi connectivity index (χ0v) is 12.1. The van der Waals surface area contributed by atoms with Crippen LogP contribution in [0.1, 0.15) is 30.9 Å². The van der Waals surface area contributed by atoms with Gasteiger partial charge in [-0.3, -0.25) is 4.79 Å². The minimum Gasteiger partial charge on any atom is -0.362 e. The number of benzene rings is 1. The molecule has 0 radical (unpaired) electrons. The van der Waals surface area contributed by atoms with Crippen LogP contribution in [0, 0.1) is 6.92 Å². The van der Waals surface area contributed by atoms with Crippen LogP contribution in [0.4, 0.5) is 0 Å². The van der Waals surface area contributed by atoms with E-state index in [0.29, 0.717) is 6.61 Å². The summed E-state index contributed by atoms with van der Waals surface area (Å²) in [6, 6.07) is 6.20. The summed E-state index contributed by atoms with van der Waals surface area (Å²) in [5.41, 5.74) is 1.32. The van der Waals surface area contributed by atoms with Gasteiger partial charge in [0.2, 0.25) is 0 Å². The number of carbonyl (C=O) groups is 1. The van der Waals surface area contributed by atoms with E-state index < -0.39 is 11.1 Å². The SMILES string of the molecule is Cc1cc(Br)cc(C2(C)COC3(CC3)C(=O)N2)c1. The number of rotatable bonds is 1. The Bertz CT molecular complexity index is 504. The number of nitrogens with one attached hydrogen (secondary N) is 1. The highest BCUT2D eigenvalue weighted by Crippen LogP contribution is 2.44. The summed E-state index contributed by atoms with van der Waals surface area (Å²) in [5.74, 6) is 0.0360. The summed E-state index contributed by atoms with van der Waals surface area (Å²) in [4.78, 5) is 12.1. The second kappa shape index (κ2) is 3.81. The van der Waals surface area contributed by atoms with Crippen LogP contribution < -0.4 is 5.32 Å². The third-order valence-corrected chi connectivity index (χ3v) is 4.28. The smallest absolute Gasteiger partial charge is 0.253 e. The van der Waals surface area contributed by atoms with Crippen LogP contribution in [0.3, 0.4) is 0 Å². The first-order valence-corrected chi connectivity index (χ1v) is 6.97. The Morgan fingerprint density at radius 2 is 2.06 bits per heavy atom. The van der Waals surface area contributed by atoms with Gasteiger partial charge in [0.25, 0.3) is 5.91 Å². The number of aryl methyl sites for hydroxylation is 1. The van der Waals surface area contributed by atoms with Gasteiger partial charge in [0, 0.05) is 4.47 Å². The van der Waals surface area contributed by atoms with E-state index >= 15 is 0 Å². The van der Waals surface area contributed by atoms with Gasteiger partial charge < -0.3 is 10.1 Å². The summed E-state index contributed by atoms with van der Waals surface area (Å²) in [7, 11) is 0. The third-order valence-electron chi connectivity index (χ3n) is 3.82. The number of amides is 1. The molecule has 1 heterocycles. The van der Waals surface area contributed by atoms with Gasteiger partial charge in [-0.25, -0.2) is 0 Å². The van der Waals surface area contributed by atoms with E-state index in [9.17, 15) is 4.79 Å². The molecule has 1 spiro atoms. The molecule has 1 saturated carbocycles. The maximum absolute atomic E-state index is 12.1. The minimum absolute atomic E-state index is 0.0360. The molecular weight excluding hydrogens is 294 g/mol. The first-order chi connectivity index (χ1) is 8.43. The highest BCUT2D eigenvalue weighted by atomic mass is 79.9. The fraction of sp³-hybridized carbons (Fsp3) is 0.500. The van der Waals surface area contributed by atoms with Gasteiger partial charge in [-0.1, -0.05) is 22.0 Å². The van der Waals surface area contributed by atoms with E-state index in [1.807, 2.05) is 19.9 Å². The van der Waals surface area contributed by atoms with Crippen molar-refractivity contribution in [2.75, 3.05) is 6.61 Å².